The smallest absolute Gasteiger partial charge is 0.329 e. The summed E-state index contributed by atoms with van der Waals surface area (Å²) in [5.41, 5.74) is 3.59. The molecule has 7 rings (SSSR count). The van der Waals surface area contributed by atoms with E-state index in [1.165, 1.54) is 4.90 Å². The molecule has 4 aromatic heterocycles. The fourth-order valence-electron chi connectivity index (χ4n) is 7.19. The average Bonchev–Trinajstić information content (AvgIpc) is 3.77. The largest absolute Gasteiger partial charge is 0.370 e. The molecule has 0 bridgehead atoms. The number of hydrogen-bond acceptors (Lipinski definition) is 10. The summed E-state index contributed by atoms with van der Waals surface area (Å²) in [5.74, 6) is 1.39. The number of fused-ring (bicyclic) bond motifs is 1. The van der Waals surface area contributed by atoms with Gasteiger partial charge in [0, 0.05) is 76.6 Å². The van der Waals surface area contributed by atoms with E-state index in [4.69, 9.17) is 4.98 Å². The van der Waals surface area contributed by atoms with E-state index in [1.807, 2.05) is 36.7 Å². The molecule has 0 aromatic carbocycles. The number of pyridine rings is 2. The van der Waals surface area contributed by atoms with Gasteiger partial charge in [-0.15, -0.1) is 0 Å². The van der Waals surface area contributed by atoms with Gasteiger partial charge in [0.25, 0.3) is 5.91 Å². The lowest BCUT2D eigenvalue weighted by molar-refractivity contribution is -0.120. The number of rotatable bonds is 9. The Kier molecular flexibility index (Phi) is 9.13. The maximum absolute atomic E-state index is 13.0. The molecule has 0 spiro atoms. The van der Waals surface area contributed by atoms with Gasteiger partial charge in [0.15, 0.2) is 0 Å². The predicted octanol–water partition coefficient (Wildman–Crippen LogP) is 4.33. The Hall–Kier alpha value is -5.11. The SMILES string of the molecule is CN(C)C(=O)c1cc2cnc(Nc3ccc(N4CCC(N(C)Cc5ccc(N6CCC(=O)NC6=O)nc5)CC4)cn3)nc2n1C1CCCC1. The van der Waals surface area contributed by atoms with Crippen LogP contribution in [-0.4, -0.2) is 99.0 Å². The summed E-state index contributed by atoms with van der Waals surface area (Å²) in [5, 5.41) is 6.47. The molecule has 4 aromatic rings. The maximum atomic E-state index is 13.0. The third kappa shape index (κ3) is 6.91. The van der Waals surface area contributed by atoms with Crippen LogP contribution in [0.1, 0.15) is 67.0 Å². The Bertz CT molecular complexity index is 1830. The minimum atomic E-state index is -0.424. The van der Waals surface area contributed by atoms with Gasteiger partial charge < -0.3 is 19.7 Å². The van der Waals surface area contributed by atoms with Crippen LogP contribution >= 0.6 is 0 Å². The van der Waals surface area contributed by atoms with E-state index in [2.05, 4.69) is 53.1 Å². The number of anilines is 4. The van der Waals surface area contributed by atoms with Crippen molar-refractivity contribution >= 4 is 52.2 Å². The molecule has 2 N–H and O–H groups in total. The second-order valence-corrected chi connectivity index (χ2v) is 13.4. The average molecular weight is 666 g/mol. The quantitative estimate of drug-likeness (QED) is 0.265. The van der Waals surface area contributed by atoms with Gasteiger partial charge >= 0.3 is 6.03 Å². The van der Waals surface area contributed by atoms with Crippen molar-refractivity contribution in [2.45, 2.75) is 63.6 Å². The van der Waals surface area contributed by atoms with Gasteiger partial charge in [-0.1, -0.05) is 18.9 Å². The van der Waals surface area contributed by atoms with Crippen LogP contribution in [0.2, 0.25) is 0 Å². The van der Waals surface area contributed by atoms with Gasteiger partial charge in [-0.05, 0) is 62.6 Å². The van der Waals surface area contributed by atoms with E-state index in [0.29, 0.717) is 35.9 Å². The van der Waals surface area contributed by atoms with Crippen molar-refractivity contribution in [2.75, 3.05) is 55.9 Å². The van der Waals surface area contributed by atoms with Gasteiger partial charge in [-0.25, -0.2) is 19.7 Å². The molecule has 6 heterocycles. The number of carbonyl (C=O) groups is 3. The fraction of sp³-hybridized carbons (Fsp3) is 0.457. The fourth-order valence-corrected chi connectivity index (χ4v) is 7.19. The van der Waals surface area contributed by atoms with Crippen molar-refractivity contribution < 1.29 is 14.4 Å². The molecule has 1 saturated carbocycles. The first-order chi connectivity index (χ1) is 23.7. The summed E-state index contributed by atoms with van der Waals surface area (Å²) in [7, 11) is 5.70. The molecule has 1 aliphatic carbocycles. The molecular weight excluding hydrogens is 622 g/mol. The van der Waals surface area contributed by atoms with E-state index in [-0.39, 0.29) is 24.3 Å². The number of carbonyl (C=O) groups excluding carboxylic acids is 3. The molecule has 2 saturated heterocycles. The van der Waals surface area contributed by atoms with E-state index < -0.39 is 6.03 Å². The topological polar surface area (TPSA) is 145 Å². The Balaban J connectivity index is 0.945. The monoisotopic (exact) mass is 665 g/mol. The van der Waals surface area contributed by atoms with Crippen LogP contribution in [0.25, 0.3) is 11.0 Å². The second-order valence-electron chi connectivity index (χ2n) is 13.4. The lowest BCUT2D eigenvalue weighted by atomic mass is 10.0. The number of urea groups is 1. The first-order valence-corrected chi connectivity index (χ1v) is 17.1. The lowest BCUT2D eigenvalue weighted by Gasteiger charge is -2.37. The second kappa shape index (κ2) is 13.8. The van der Waals surface area contributed by atoms with E-state index in [0.717, 1.165) is 80.4 Å². The van der Waals surface area contributed by atoms with Gasteiger partial charge in [-0.2, -0.15) is 4.98 Å². The minimum absolute atomic E-state index is 0.0264. The number of imide groups is 1. The maximum Gasteiger partial charge on any atom is 0.329 e. The molecule has 3 fully saturated rings. The van der Waals surface area contributed by atoms with Gasteiger partial charge in [0.1, 0.15) is 23.0 Å². The standard InChI is InChI=1S/C35H43N11O3/c1-42(2)33(48)28-18-24-20-38-34(41-32(24)46(28)26-6-4-5-7-26)39-29-10-9-27(21-36-29)44-15-12-25(13-16-44)43(3)22-23-8-11-30(37-19-23)45-17-14-31(47)40-35(45)49/h8-11,18-21,25-26H,4-7,12-17,22H2,1-3H3,(H,40,47,49)(H,36,38,39,41). The first-order valence-electron chi connectivity index (χ1n) is 17.1. The number of piperidine rings is 1. The minimum Gasteiger partial charge on any atom is -0.370 e. The molecule has 0 unspecified atom stereocenters. The molecule has 14 nitrogen and oxygen atoms in total. The number of nitrogens with zero attached hydrogens (tertiary/aromatic N) is 9. The zero-order valence-electron chi connectivity index (χ0n) is 28.3. The summed E-state index contributed by atoms with van der Waals surface area (Å²) in [6, 6.07) is 10.1. The van der Waals surface area contributed by atoms with Crippen molar-refractivity contribution in [3.8, 4) is 0 Å². The Labute approximate surface area is 285 Å². The summed E-state index contributed by atoms with van der Waals surface area (Å²) >= 11 is 0. The number of amides is 4. The number of nitrogens with one attached hydrogen (secondary N) is 2. The highest BCUT2D eigenvalue weighted by Gasteiger charge is 2.28. The highest BCUT2D eigenvalue weighted by Crippen LogP contribution is 2.35. The van der Waals surface area contributed by atoms with Crippen molar-refractivity contribution in [2.24, 2.45) is 0 Å². The van der Waals surface area contributed by atoms with Crippen LogP contribution in [0, 0.1) is 0 Å². The lowest BCUT2D eigenvalue weighted by Crippen LogP contribution is -2.49. The normalized spacial score (nSPS) is 17.6. The van der Waals surface area contributed by atoms with Crippen molar-refractivity contribution in [1.82, 2.24) is 39.6 Å². The third-order valence-electron chi connectivity index (χ3n) is 9.90. The molecule has 49 heavy (non-hydrogen) atoms. The highest BCUT2D eigenvalue weighted by molar-refractivity contribution is 6.05. The van der Waals surface area contributed by atoms with Crippen LogP contribution in [-0.2, 0) is 11.3 Å². The molecule has 256 valence electrons. The molecule has 0 atom stereocenters. The summed E-state index contributed by atoms with van der Waals surface area (Å²) in [6.45, 7) is 2.95. The van der Waals surface area contributed by atoms with Crippen LogP contribution in [0.3, 0.4) is 0 Å². The van der Waals surface area contributed by atoms with Crippen LogP contribution in [0.15, 0.2) is 48.9 Å². The third-order valence-corrected chi connectivity index (χ3v) is 9.90. The van der Waals surface area contributed by atoms with Crippen LogP contribution < -0.4 is 20.4 Å². The summed E-state index contributed by atoms with van der Waals surface area (Å²) in [4.78, 5) is 63.0. The molecule has 14 heteroatoms. The van der Waals surface area contributed by atoms with Crippen molar-refractivity contribution in [3.63, 3.8) is 0 Å². The van der Waals surface area contributed by atoms with Crippen LogP contribution in [0.4, 0.5) is 28.1 Å². The van der Waals surface area contributed by atoms with Crippen molar-refractivity contribution in [1.29, 1.82) is 0 Å². The molecule has 2 aliphatic heterocycles. The Morgan fingerprint density at radius 1 is 0.939 bits per heavy atom. The van der Waals surface area contributed by atoms with E-state index in [9.17, 15) is 14.4 Å². The van der Waals surface area contributed by atoms with Gasteiger partial charge in [0.05, 0.1) is 11.9 Å². The first kappa shape index (κ1) is 32.4. The number of aromatic nitrogens is 5. The van der Waals surface area contributed by atoms with E-state index >= 15 is 0 Å². The molecule has 4 amide bonds. The number of hydrogen-bond donors (Lipinski definition) is 2. The molecule has 0 radical (unpaired) electrons. The summed E-state index contributed by atoms with van der Waals surface area (Å²) < 4.78 is 2.12. The van der Waals surface area contributed by atoms with Gasteiger partial charge in [0.2, 0.25) is 11.9 Å². The van der Waals surface area contributed by atoms with E-state index in [1.54, 1.807) is 25.2 Å². The van der Waals surface area contributed by atoms with Gasteiger partial charge in [-0.3, -0.25) is 24.7 Å². The predicted molar refractivity (Wildman–Crippen MR) is 187 cm³/mol. The zero-order chi connectivity index (χ0) is 34.1. The molecular formula is C35H43N11O3. The highest BCUT2D eigenvalue weighted by atomic mass is 16.2. The van der Waals surface area contributed by atoms with Crippen molar-refractivity contribution in [3.05, 3.63) is 60.2 Å². The Morgan fingerprint density at radius 3 is 2.41 bits per heavy atom. The zero-order valence-corrected chi connectivity index (χ0v) is 28.3. The van der Waals surface area contributed by atoms with Crippen LogP contribution in [0.5, 0.6) is 0 Å². The summed E-state index contributed by atoms with van der Waals surface area (Å²) in [6.07, 6.45) is 12.2. The molecule has 3 aliphatic rings. The Morgan fingerprint density at radius 2 is 1.73 bits per heavy atom.